The van der Waals surface area contributed by atoms with Crippen molar-refractivity contribution in [1.82, 2.24) is 24.8 Å². The SMILES string of the molecule is COc1ccc([C@H]2Cn3nnc(C(=O)N4CCN(C(=O)c5cccc(C)c5)CC4)c3CO2)cc1. The van der Waals surface area contributed by atoms with Gasteiger partial charge in [-0.15, -0.1) is 5.10 Å². The molecule has 5 rings (SSSR count). The van der Waals surface area contributed by atoms with Crippen LogP contribution in [0.3, 0.4) is 0 Å². The molecule has 1 aromatic heterocycles. The van der Waals surface area contributed by atoms with Gasteiger partial charge in [0.15, 0.2) is 5.69 Å². The Morgan fingerprint density at radius 3 is 2.38 bits per heavy atom. The van der Waals surface area contributed by atoms with E-state index >= 15 is 0 Å². The Bertz CT molecular complexity index is 1200. The summed E-state index contributed by atoms with van der Waals surface area (Å²) in [5, 5.41) is 8.40. The highest BCUT2D eigenvalue weighted by Crippen LogP contribution is 2.28. The van der Waals surface area contributed by atoms with Gasteiger partial charge in [0.1, 0.15) is 11.9 Å². The van der Waals surface area contributed by atoms with Crippen molar-refractivity contribution in [3.63, 3.8) is 0 Å². The van der Waals surface area contributed by atoms with Gasteiger partial charge in [0.25, 0.3) is 11.8 Å². The minimum atomic E-state index is -0.171. The number of fused-ring (bicyclic) bond motifs is 1. The topological polar surface area (TPSA) is 89.8 Å². The average molecular weight is 462 g/mol. The van der Waals surface area contributed by atoms with E-state index in [1.807, 2.05) is 55.5 Å². The molecule has 9 heteroatoms. The molecule has 0 N–H and O–H groups in total. The third-order valence-corrected chi connectivity index (χ3v) is 6.41. The van der Waals surface area contributed by atoms with E-state index in [1.165, 1.54) is 0 Å². The summed E-state index contributed by atoms with van der Waals surface area (Å²) in [5.74, 6) is 0.611. The van der Waals surface area contributed by atoms with Crippen molar-refractivity contribution >= 4 is 11.8 Å². The van der Waals surface area contributed by atoms with Crippen molar-refractivity contribution < 1.29 is 19.1 Å². The minimum Gasteiger partial charge on any atom is -0.497 e. The first-order valence-electron chi connectivity index (χ1n) is 11.4. The monoisotopic (exact) mass is 461 g/mol. The van der Waals surface area contributed by atoms with Crippen LogP contribution in [0.4, 0.5) is 0 Å². The lowest BCUT2D eigenvalue weighted by molar-refractivity contribution is -0.00204. The second-order valence-corrected chi connectivity index (χ2v) is 8.59. The lowest BCUT2D eigenvalue weighted by Crippen LogP contribution is -2.50. The van der Waals surface area contributed by atoms with E-state index in [0.717, 1.165) is 16.9 Å². The molecule has 34 heavy (non-hydrogen) atoms. The smallest absolute Gasteiger partial charge is 0.276 e. The molecule has 176 valence electrons. The molecule has 3 heterocycles. The second kappa shape index (κ2) is 9.26. The van der Waals surface area contributed by atoms with Gasteiger partial charge in [-0.1, -0.05) is 35.0 Å². The maximum atomic E-state index is 13.2. The first-order chi connectivity index (χ1) is 16.5. The summed E-state index contributed by atoms with van der Waals surface area (Å²) < 4.78 is 13.0. The molecule has 2 amide bonds. The van der Waals surface area contributed by atoms with Crippen LogP contribution in [0.15, 0.2) is 48.5 Å². The second-order valence-electron chi connectivity index (χ2n) is 8.59. The fourth-order valence-corrected chi connectivity index (χ4v) is 4.42. The van der Waals surface area contributed by atoms with Crippen LogP contribution < -0.4 is 4.74 Å². The summed E-state index contributed by atoms with van der Waals surface area (Å²) in [5.41, 5.74) is 3.76. The quantitative estimate of drug-likeness (QED) is 0.593. The molecule has 1 saturated heterocycles. The molecule has 0 aliphatic carbocycles. The van der Waals surface area contributed by atoms with Crippen molar-refractivity contribution in [1.29, 1.82) is 0 Å². The molecule has 0 bridgehead atoms. The van der Waals surface area contributed by atoms with E-state index in [0.29, 0.717) is 49.7 Å². The average Bonchev–Trinajstić information content (AvgIpc) is 3.31. The summed E-state index contributed by atoms with van der Waals surface area (Å²) in [6, 6.07) is 15.3. The highest BCUT2D eigenvalue weighted by Gasteiger charge is 2.32. The van der Waals surface area contributed by atoms with Crippen molar-refractivity contribution in [3.05, 3.63) is 76.6 Å². The van der Waals surface area contributed by atoms with Crippen LogP contribution in [0.5, 0.6) is 5.75 Å². The van der Waals surface area contributed by atoms with Gasteiger partial charge in [-0.2, -0.15) is 0 Å². The molecule has 1 atom stereocenters. The van der Waals surface area contributed by atoms with Gasteiger partial charge in [-0.05, 0) is 36.8 Å². The van der Waals surface area contributed by atoms with Crippen LogP contribution in [0.25, 0.3) is 0 Å². The van der Waals surface area contributed by atoms with Gasteiger partial charge < -0.3 is 19.3 Å². The van der Waals surface area contributed by atoms with Crippen LogP contribution in [0, 0.1) is 6.92 Å². The van der Waals surface area contributed by atoms with Gasteiger partial charge in [0.05, 0.1) is 26.0 Å². The van der Waals surface area contributed by atoms with E-state index in [4.69, 9.17) is 9.47 Å². The van der Waals surface area contributed by atoms with E-state index in [-0.39, 0.29) is 24.5 Å². The number of benzene rings is 2. The number of piperazine rings is 1. The lowest BCUT2D eigenvalue weighted by atomic mass is 10.1. The van der Waals surface area contributed by atoms with Gasteiger partial charge >= 0.3 is 0 Å². The third kappa shape index (κ3) is 4.26. The predicted molar refractivity (Wildman–Crippen MR) is 124 cm³/mol. The molecule has 0 spiro atoms. The van der Waals surface area contributed by atoms with E-state index in [9.17, 15) is 9.59 Å². The number of amides is 2. The van der Waals surface area contributed by atoms with Crippen LogP contribution in [0.1, 0.15) is 43.8 Å². The van der Waals surface area contributed by atoms with Gasteiger partial charge in [-0.25, -0.2) is 4.68 Å². The molecule has 0 unspecified atom stereocenters. The lowest BCUT2D eigenvalue weighted by Gasteiger charge is -2.34. The summed E-state index contributed by atoms with van der Waals surface area (Å²) in [4.78, 5) is 29.5. The van der Waals surface area contributed by atoms with Crippen LogP contribution >= 0.6 is 0 Å². The molecule has 2 aliphatic heterocycles. The molecule has 3 aromatic rings. The number of hydrogen-bond acceptors (Lipinski definition) is 6. The van der Waals surface area contributed by atoms with Gasteiger partial charge in [0, 0.05) is 31.7 Å². The summed E-state index contributed by atoms with van der Waals surface area (Å²) in [6.07, 6.45) is -0.167. The number of rotatable bonds is 4. The zero-order chi connectivity index (χ0) is 23.7. The first kappa shape index (κ1) is 22.1. The van der Waals surface area contributed by atoms with Crippen molar-refractivity contribution in [2.24, 2.45) is 0 Å². The van der Waals surface area contributed by atoms with Crippen molar-refractivity contribution in [2.45, 2.75) is 26.2 Å². The Morgan fingerprint density at radius 1 is 1.00 bits per heavy atom. The van der Waals surface area contributed by atoms with E-state index < -0.39 is 0 Å². The molecule has 0 radical (unpaired) electrons. The number of nitrogens with zero attached hydrogens (tertiary/aromatic N) is 5. The number of methoxy groups -OCH3 is 1. The fourth-order valence-electron chi connectivity index (χ4n) is 4.42. The Morgan fingerprint density at radius 2 is 1.71 bits per heavy atom. The Labute approximate surface area is 197 Å². The molecule has 2 aliphatic rings. The number of aryl methyl sites for hydroxylation is 1. The first-order valence-corrected chi connectivity index (χ1v) is 11.4. The molecule has 2 aromatic carbocycles. The largest absolute Gasteiger partial charge is 0.497 e. The fraction of sp³-hybridized carbons (Fsp3) is 0.360. The maximum Gasteiger partial charge on any atom is 0.276 e. The third-order valence-electron chi connectivity index (χ3n) is 6.41. The maximum absolute atomic E-state index is 13.2. The van der Waals surface area contributed by atoms with Gasteiger partial charge in [0.2, 0.25) is 0 Å². The van der Waals surface area contributed by atoms with Crippen LogP contribution in [-0.4, -0.2) is 69.9 Å². The van der Waals surface area contributed by atoms with Crippen molar-refractivity contribution in [3.8, 4) is 5.75 Å². The number of hydrogen-bond donors (Lipinski definition) is 0. The zero-order valence-electron chi connectivity index (χ0n) is 19.3. The summed E-state index contributed by atoms with van der Waals surface area (Å²) in [7, 11) is 1.63. The normalized spacial score (nSPS) is 17.9. The molecule has 9 nitrogen and oxygen atoms in total. The van der Waals surface area contributed by atoms with Crippen LogP contribution in [-0.2, 0) is 17.9 Å². The Hall–Kier alpha value is -3.72. The molecular formula is C25H27N5O4. The van der Waals surface area contributed by atoms with E-state index in [1.54, 1.807) is 21.6 Å². The van der Waals surface area contributed by atoms with Crippen LogP contribution in [0.2, 0.25) is 0 Å². The van der Waals surface area contributed by atoms with Gasteiger partial charge in [-0.3, -0.25) is 9.59 Å². The molecule has 0 saturated carbocycles. The standard InChI is InChI=1S/C25H27N5O4/c1-17-4-3-5-19(14-17)24(31)28-10-12-29(13-11-28)25(32)23-21-16-34-22(15-30(21)27-26-23)18-6-8-20(33-2)9-7-18/h3-9,14,22H,10-13,15-16H2,1-2H3/t22-/m1/s1. The van der Waals surface area contributed by atoms with Crippen molar-refractivity contribution in [2.75, 3.05) is 33.3 Å². The Balaban J connectivity index is 1.22. The summed E-state index contributed by atoms with van der Waals surface area (Å²) >= 11 is 0. The number of aromatic nitrogens is 3. The molecular weight excluding hydrogens is 434 g/mol. The molecule has 1 fully saturated rings. The zero-order valence-corrected chi connectivity index (χ0v) is 19.3. The highest BCUT2D eigenvalue weighted by molar-refractivity contribution is 5.95. The Kier molecular flexibility index (Phi) is 6.02. The predicted octanol–water partition coefficient (Wildman–Crippen LogP) is 2.46. The number of ether oxygens (including phenoxy) is 2. The number of carbonyl (C=O) groups is 2. The number of carbonyl (C=O) groups excluding carboxylic acids is 2. The summed E-state index contributed by atoms with van der Waals surface area (Å²) in [6.45, 7) is 4.60. The minimum absolute atomic E-state index is 0.00481. The highest BCUT2D eigenvalue weighted by atomic mass is 16.5. The van der Waals surface area contributed by atoms with E-state index in [2.05, 4.69) is 10.3 Å².